The fraction of sp³-hybridized carbons (Fsp3) is 0.636. The van der Waals surface area contributed by atoms with Gasteiger partial charge in [0.15, 0.2) is 0 Å². The lowest BCUT2D eigenvalue weighted by Gasteiger charge is -2.11. The molecule has 0 bridgehead atoms. The van der Waals surface area contributed by atoms with Crippen LogP contribution in [0.4, 0.5) is 0 Å². The highest BCUT2D eigenvalue weighted by Gasteiger charge is 2.48. The Hall–Kier alpha value is -1.37. The van der Waals surface area contributed by atoms with Gasteiger partial charge in [-0.3, -0.25) is 9.52 Å². The predicted octanol–water partition coefficient (Wildman–Crippen LogP) is 0.667. The van der Waals surface area contributed by atoms with Gasteiger partial charge in [0.05, 0.1) is 0 Å². The van der Waals surface area contributed by atoms with Crippen LogP contribution in [-0.2, 0) is 20.6 Å². The van der Waals surface area contributed by atoms with Crippen molar-refractivity contribution >= 4 is 15.9 Å². The molecule has 2 fully saturated rings. The van der Waals surface area contributed by atoms with Gasteiger partial charge in [0, 0.05) is 12.0 Å². The van der Waals surface area contributed by atoms with Crippen LogP contribution in [0.5, 0.6) is 0 Å². The Balaban J connectivity index is 1.59. The first kappa shape index (κ1) is 11.7. The van der Waals surface area contributed by atoms with E-state index >= 15 is 0 Å². The molecular formula is C11H14N2O4S. The molecule has 1 amide bonds. The standard InChI is InChI=1S/C11H14N2O4S/c14-11(9-4-7-3-8(7)5-9)13-18(15,16)6-10-1-2-17-12-10/h1-2,7-9H,3-6H2,(H,13,14)/t7-,8+,9?. The summed E-state index contributed by atoms with van der Waals surface area (Å²) < 4.78 is 30.2. The van der Waals surface area contributed by atoms with E-state index in [9.17, 15) is 13.2 Å². The third-order valence-electron chi connectivity index (χ3n) is 3.70. The smallest absolute Gasteiger partial charge is 0.240 e. The number of carbonyl (C=O) groups is 1. The first-order valence-corrected chi connectivity index (χ1v) is 7.62. The molecule has 1 heterocycles. The van der Waals surface area contributed by atoms with Gasteiger partial charge in [0.1, 0.15) is 17.7 Å². The molecule has 2 aliphatic carbocycles. The summed E-state index contributed by atoms with van der Waals surface area (Å²) in [6.07, 6.45) is 4.17. The number of rotatable bonds is 4. The minimum Gasteiger partial charge on any atom is -0.364 e. The maximum absolute atomic E-state index is 11.8. The van der Waals surface area contributed by atoms with Gasteiger partial charge in [0.25, 0.3) is 0 Å². The van der Waals surface area contributed by atoms with Crippen LogP contribution in [0.2, 0.25) is 0 Å². The molecule has 3 rings (SSSR count). The Labute approximate surface area is 105 Å². The van der Waals surface area contributed by atoms with Crippen LogP contribution >= 0.6 is 0 Å². The van der Waals surface area contributed by atoms with E-state index in [-0.39, 0.29) is 17.6 Å². The third-order valence-corrected chi connectivity index (χ3v) is 4.89. The average molecular weight is 270 g/mol. The van der Waals surface area contributed by atoms with Crippen molar-refractivity contribution in [2.24, 2.45) is 17.8 Å². The maximum atomic E-state index is 11.8. The molecule has 0 radical (unpaired) electrons. The lowest BCUT2D eigenvalue weighted by Crippen LogP contribution is -2.36. The minimum atomic E-state index is -3.67. The number of carbonyl (C=O) groups excluding carboxylic acids is 1. The van der Waals surface area contributed by atoms with Crippen molar-refractivity contribution in [3.63, 3.8) is 0 Å². The van der Waals surface area contributed by atoms with Crippen LogP contribution in [-0.4, -0.2) is 19.5 Å². The predicted molar refractivity (Wildman–Crippen MR) is 61.6 cm³/mol. The summed E-state index contributed by atoms with van der Waals surface area (Å²) in [5.41, 5.74) is 0.296. The molecular weight excluding hydrogens is 256 g/mol. The number of aromatic nitrogens is 1. The number of nitrogens with one attached hydrogen (secondary N) is 1. The molecule has 7 heteroatoms. The molecule has 0 aromatic carbocycles. The molecule has 0 spiro atoms. The molecule has 1 aromatic heterocycles. The normalized spacial score (nSPS) is 29.9. The van der Waals surface area contributed by atoms with Crippen molar-refractivity contribution in [1.29, 1.82) is 0 Å². The third kappa shape index (κ3) is 2.40. The van der Waals surface area contributed by atoms with Crippen molar-refractivity contribution in [2.75, 3.05) is 0 Å². The van der Waals surface area contributed by atoms with Crippen molar-refractivity contribution in [3.8, 4) is 0 Å². The largest absolute Gasteiger partial charge is 0.364 e. The molecule has 2 saturated carbocycles. The number of amides is 1. The Morgan fingerprint density at radius 2 is 2.11 bits per heavy atom. The fourth-order valence-corrected chi connectivity index (χ4v) is 3.79. The van der Waals surface area contributed by atoms with E-state index in [4.69, 9.17) is 0 Å². The molecule has 1 aromatic rings. The SMILES string of the molecule is O=C(NS(=O)(=O)Cc1ccon1)C1C[C@@H]2C[C@@H]2C1. The second kappa shape index (κ2) is 4.08. The Kier molecular flexibility index (Phi) is 2.65. The molecule has 1 N–H and O–H groups in total. The summed E-state index contributed by atoms with van der Waals surface area (Å²) >= 11 is 0. The average Bonchev–Trinajstić information content (AvgIpc) is 2.74. The van der Waals surface area contributed by atoms with Crippen molar-refractivity contribution < 1.29 is 17.7 Å². The minimum absolute atomic E-state index is 0.138. The summed E-state index contributed by atoms with van der Waals surface area (Å²) in [4.78, 5) is 11.8. The summed E-state index contributed by atoms with van der Waals surface area (Å²) in [5.74, 6) is 0.471. The lowest BCUT2D eigenvalue weighted by atomic mass is 10.0. The first-order valence-electron chi connectivity index (χ1n) is 5.97. The Bertz CT molecular complexity index is 542. The second-order valence-corrected chi connectivity index (χ2v) is 6.86. The van der Waals surface area contributed by atoms with Crippen LogP contribution in [0.25, 0.3) is 0 Å². The molecule has 0 saturated heterocycles. The van der Waals surface area contributed by atoms with Crippen LogP contribution in [0, 0.1) is 17.8 Å². The topological polar surface area (TPSA) is 89.3 Å². The van der Waals surface area contributed by atoms with Crippen LogP contribution in [0.15, 0.2) is 16.9 Å². The summed E-state index contributed by atoms with van der Waals surface area (Å²) in [6.45, 7) is 0. The monoisotopic (exact) mass is 270 g/mol. The van der Waals surface area contributed by atoms with Gasteiger partial charge < -0.3 is 4.52 Å². The number of nitrogens with zero attached hydrogens (tertiary/aromatic N) is 1. The number of sulfonamides is 1. The van der Waals surface area contributed by atoms with Crippen LogP contribution < -0.4 is 4.72 Å². The number of fused-ring (bicyclic) bond motifs is 1. The van der Waals surface area contributed by atoms with E-state index in [1.54, 1.807) is 0 Å². The lowest BCUT2D eigenvalue weighted by molar-refractivity contribution is -0.123. The number of hydrogen-bond acceptors (Lipinski definition) is 5. The summed E-state index contributed by atoms with van der Waals surface area (Å²) in [6, 6.07) is 1.47. The highest BCUT2D eigenvalue weighted by atomic mass is 32.2. The van der Waals surface area contributed by atoms with E-state index in [0.29, 0.717) is 17.5 Å². The van der Waals surface area contributed by atoms with E-state index in [0.717, 1.165) is 12.8 Å². The highest BCUT2D eigenvalue weighted by molar-refractivity contribution is 7.89. The van der Waals surface area contributed by atoms with Gasteiger partial charge in [-0.2, -0.15) is 0 Å². The van der Waals surface area contributed by atoms with Gasteiger partial charge in [-0.15, -0.1) is 0 Å². The van der Waals surface area contributed by atoms with E-state index in [1.165, 1.54) is 18.8 Å². The Morgan fingerprint density at radius 3 is 2.72 bits per heavy atom. The molecule has 2 aliphatic rings. The van der Waals surface area contributed by atoms with E-state index < -0.39 is 10.0 Å². The molecule has 98 valence electrons. The quantitative estimate of drug-likeness (QED) is 0.868. The van der Waals surface area contributed by atoms with Gasteiger partial charge in [-0.1, -0.05) is 5.16 Å². The van der Waals surface area contributed by atoms with E-state index in [1.807, 2.05) is 0 Å². The Morgan fingerprint density at radius 1 is 1.39 bits per heavy atom. The van der Waals surface area contributed by atoms with Gasteiger partial charge in [0.2, 0.25) is 15.9 Å². The summed E-state index contributed by atoms with van der Waals surface area (Å²) in [5, 5.41) is 3.52. The zero-order valence-electron chi connectivity index (χ0n) is 9.70. The summed E-state index contributed by atoms with van der Waals surface area (Å²) in [7, 11) is -3.67. The molecule has 0 aliphatic heterocycles. The molecule has 6 nitrogen and oxygen atoms in total. The van der Waals surface area contributed by atoms with Crippen molar-refractivity contribution in [2.45, 2.75) is 25.0 Å². The number of hydrogen-bond donors (Lipinski definition) is 1. The second-order valence-electron chi connectivity index (χ2n) is 5.14. The maximum Gasteiger partial charge on any atom is 0.240 e. The van der Waals surface area contributed by atoms with Crippen LogP contribution in [0.3, 0.4) is 0 Å². The van der Waals surface area contributed by atoms with Gasteiger partial charge >= 0.3 is 0 Å². The zero-order chi connectivity index (χ0) is 12.8. The molecule has 18 heavy (non-hydrogen) atoms. The van der Waals surface area contributed by atoms with Gasteiger partial charge in [-0.05, 0) is 31.1 Å². The van der Waals surface area contributed by atoms with E-state index in [2.05, 4.69) is 14.4 Å². The van der Waals surface area contributed by atoms with Crippen LogP contribution in [0.1, 0.15) is 25.0 Å². The first-order chi connectivity index (χ1) is 8.53. The molecule has 3 atom stereocenters. The zero-order valence-corrected chi connectivity index (χ0v) is 10.5. The van der Waals surface area contributed by atoms with Crippen molar-refractivity contribution in [1.82, 2.24) is 9.88 Å². The highest BCUT2D eigenvalue weighted by Crippen LogP contribution is 2.54. The van der Waals surface area contributed by atoms with Crippen molar-refractivity contribution in [3.05, 3.63) is 18.0 Å². The fourth-order valence-electron chi connectivity index (χ4n) is 2.71. The molecule has 1 unspecified atom stereocenters. The van der Waals surface area contributed by atoms with Gasteiger partial charge in [-0.25, -0.2) is 8.42 Å².